The summed E-state index contributed by atoms with van der Waals surface area (Å²) in [5.74, 6) is -8.26. The van der Waals surface area contributed by atoms with Crippen LogP contribution in [0.25, 0.3) is 0 Å². The van der Waals surface area contributed by atoms with E-state index in [1.807, 2.05) is 0 Å². The Morgan fingerprint density at radius 2 is 1.54 bits per heavy atom. The third-order valence-corrected chi connectivity index (χ3v) is 12.8. The Hall–Kier alpha value is -6.72. The van der Waals surface area contributed by atoms with Crippen molar-refractivity contribution < 1.29 is 43.6 Å². The summed E-state index contributed by atoms with van der Waals surface area (Å²) < 4.78 is 11.3. The van der Waals surface area contributed by atoms with Gasteiger partial charge in [0.2, 0.25) is 11.8 Å². The largest absolute Gasteiger partial charge is 0.508 e. The number of amides is 4. The summed E-state index contributed by atoms with van der Waals surface area (Å²) in [6.45, 7) is 0. The number of carbonyl (C=O) groups excluding carboxylic acids is 4. The fraction of sp³-hybridized carbons (Fsp3) is 0.286. The molecular formula is C42H36Cl2N6O11. The Morgan fingerprint density at radius 1 is 0.869 bits per heavy atom. The van der Waals surface area contributed by atoms with Crippen LogP contribution < -0.4 is 24.7 Å². The summed E-state index contributed by atoms with van der Waals surface area (Å²) >= 11 is 12.7. The van der Waals surface area contributed by atoms with Crippen LogP contribution in [0.1, 0.15) is 29.9 Å². The number of carbonyl (C=O) groups is 4. The van der Waals surface area contributed by atoms with Crippen LogP contribution in [0.15, 0.2) is 84.4 Å². The third-order valence-electron chi connectivity index (χ3n) is 12.3. The number of nitro groups is 2. The molecule has 2 N–H and O–H groups in total. The van der Waals surface area contributed by atoms with Gasteiger partial charge in [0.05, 0.1) is 63.6 Å². The molecule has 4 aromatic rings. The predicted molar refractivity (Wildman–Crippen MR) is 222 cm³/mol. The first-order valence-electron chi connectivity index (χ1n) is 18.9. The number of rotatable bonds is 10. The number of halogens is 2. The zero-order valence-corrected chi connectivity index (χ0v) is 34.3. The predicted octanol–water partition coefficient (Wildman–Crippen LogP) is 6.79. The minimum atomic E-state index is -1.83. The molecule has 6 atom stereocenters. The molecule has 4 aromatic carbocycles. The van der Waals surface area contributed by atoms with Crippen LogP contribution >= 0.6 is 23.2 Å². The van der Waals surface area contributed by atoms with E-state index in [0.29, 0.717) is 21.9 Å². The quantitative estimate of drug-likeness (QED) is 0.0728. The van der Waals surface area contributed by atoms with Crippen LogP contribution in [0.2, 0.25) is 10.0 Å². The van der Waals surface area contributed by atoms with Gasteiger partial charge in [-0.05, 0) is 66.8 Å². The zero-order chi connectivity index (χ0) is 43.8. The van der Waals surface area contributed by atoms with Crippen molar-refractivity contribution in [2.75, 3.05) is 43.5 Å². The molecule has 19 heteroatoms. The number of anilines is 3. The Bertz CT molecular complexity index is 2590. The summed E-state index contributed by atoms with van der Waals surface area (Å²) in [7, 11) is 5.64. The highest BCUT2D eigenvalue weighted by Crippen LogP contribution is 2.66. The Kier molecular flexibility index (Phi) is 10.1. The van der Waals surface area contributed by atoms with Gasteiger partial charge < -0.3 is 19.5 Å². The first-order valence-corrected chi connectivity index (χ1v) is 19.6. The number of ether oxygens (including phenoxy) is 2. The molecule has 1 saturated carbocycles. The molecule has 2 aliphatic heterocycles. The number of aromatic hydroxyl groups is 1. The lowest BCUT2D eigenvalue weighted by molar-refractivity contribution is -0.392. The highest BCUT2D eigenvalue weighted by molar-refractivity contribution is 6.36. The maximum atomic E-state index is 15.6. The lowest BCUT2D eigenvalue weighted by Gasteiger charge is -2.50. The summed E-state index contributed by atoms with van der Waals surface area (Å²) in [4.78, 5) is 84.8. The lowest BCUT2D eigenvalue weighted by atomic mass is 9.49. The Morgan fingerprint density at radius 3 is 2.13 bits per heavy atom. The fourth-order valence-corrected chi connectivity index (χ4v) is 10.3. The Labute approximate surface area is 357 Å². The topological polar surface area (TPSA) is 215 Å². The molecule has 0 unspecified atom stereocenters. The Balaban J connectivity index is 1.34. The number of hydrogen-bond donors (Lipinski definition) is 2. The molecule has 2 saturated heterocycles. The molecule has 8 rings (SSSR count). The number of hydrogen-bond acceptors (Lipinski definition) is 13. The maximum absolute atomic E-state index is 15.6. The number of methoxy groups -OCH3 is 2. The number of benzene rings is 4. The van der Waals surface area contributed by atoms with Crippen molar-refractivity contribution in [2.45, 2.75) is 24.2 Å². The highest BCUT2D eigenvalue weighted by atomic mass is 35.5. The minimum absolute atomic E-state index is 0.0577. The van der Waals surface area contributed by atoms with E-state index in [1.165, 1.54) is 57.5 Å². The van der Waals surface area contributed by atoms with Gasteiger partial charge in [0, 0.05) is 42.7 Å². The van der Waals surface area contributed by atoms with E-state index in [1.54, 1.807) is 42.5 Å². The number of hydrazine groups is 1. The number of phenolic OH excluding ortho intramolecular Hbond substituents is 1. The van der Waals surface area contributed by atoms with Crippen molar-refractivity contribution in [2.24, 2.45) is 23.7 Å². The number of allylic oxidation sites excluding steroid dienone is 2. The third kappa shape index (κ3) is 6.12. The van der Waals surface area contributed by atoms with Crippen molar-refractivity contribution >= 4 is 75.3 Å². The molecule has 4 amide bonds. The summed E-state index contributed by atoms with van der Waals surface area (Å²) in [5.41, 5.74) is 0.152. The molecule has 2 heterocycles. The highest BCUT2D eigenvalue weighted by Gasteiger charge is 2.71. The van der Waals surface area contributed by atoms with E-state index < -0.39 is 79.9 Å². The summed E-state index contributed by atoms with van der Waals surface area (Å²) in [6, 6.07) is 17.5. The number of nitrogens with zero attached hydrogens (tertiary/aromatic N) is 5. The lowest BCUT2D eigenvalue weighted by Crippen LogP contribution is -2.53. The molecule has 2 aliphatic carbocycles. The number of nitro benzene ring substituents is 2. The summed E-state index contributed by atoms with van der Waals surface area (Å²) in [5, 5.41) is 37.6. The molecule has 3 fully saturated rings. The van der Waals surface area contributed by atoms with E-state index in [9.17, 15) is 34.9 Å². The van der Waals surface area contributed by atoms with Gasteiger partial charge in [-0.2, -0.15) is 5.01 Å². The average molecular weight is 872 g/mol. The molecule has 4 aliphatic rings. The molecule has 61 heavy (non-hydrogen) atoms. The zero-order valence-electron chi connectivity index (χ0n) is 32.8. The molecule has 17 nitrogen and oxygen atoms in total. The first kappa shape index (κ1) is 41.0. The van der Waals surface area contributed by atoms with Crippen molar-refractivity contribution in [3.8, 4) is 17.2 Å². The SMILES string of the molecule is COc1ccc([C@@]23C(=O)N(Nc4ccc(Cl)cc4Cl)C(=O)[C@@H]2C[C@@H]2C(=CC[C@@H]4C(=O)N(c5cc([N+](=O)[O-])c(N(C)C)c([N+](=O)[O-])c5)C(=O)[C@@H]42)[C@@H]3c2c(O)cccc2OC)cc1. The van der Waals surface area contributed by atoms with Crippen molar-refractivity contribution in [1.82, 2.24) is 5.01 Å². The van der Waals surface area contributed by atoms with Crippen molar-refractivity contribution in [3.63, 3.8) is 0 Å². The smallest absolute Gasteiger partial charge is 0.301 e. The molecule has 0 spiro atoms. The molecule has 0 aromatic heterocycles. The number of fused-ring (bicyclic) bond motifs is 4. The van der Waals surface area contributed by atoms with Gasteiger partial charge in [0.25, 0.3) is 11.8 Å². The minimum Gasteiger partial charge on any atom is -0.508 e. The molecular weight excluding hydrogens is 835 g/mol. The standard InChI is InChI=1S/C42H36Cl2N6O11/c1-46(2)37-30(49(56)57)17-22(18-31(37)50(58)59)47-38(52)25-14-13-24-26(34(25)40(47)54)19-27-39(53)48(45-29-15-10-21(43)16-28(29)44)41(55)42(27,20-8-11-23(60-3)12-9-20)36(24)35-32(51)6-5-7-33(35)61-4/h5-13,15-18,25-27,34,36,45,51H,14,19H2,1-4H3/t25-,26+,27-,34-,36+,42+/m0/s1. The first-order chi connectivity index (χ1) is 29.1. The van der Waals surface area contributed by atoms with Crippen molar-refractivity contribution in [1.29, 1.82) is 0 Å². The van der Waals surface area contributed by atoms with E-state index in [-0.39, 0.29) is 52.0 Å². The monoisotopic (exact) mass is 870 g/mol. The molecule has 0 radical (unpaired) electrons. The maximum Gasteiger partial charge on any atom is 0.301 e. The number of imide groups is 2. The average Bonchev–Trinajstić information content (AvgIpc) is 3.61. The van der Waals surface area contributed by atoms with Crippen LogP contribution in [0, 0.1) is 43.9 Å². The second-order valence-electron chi connectivity index (χ2n) is 15.4. The van der Waals surface area contributed by atoms with Gasteiger partial charge in [-0.3, -0.25) is 44.8 Å². The molecule has 0 bridgehead atoms. The van der Waals surface area contributed by atoms with Crippen LogP contribution in [0.3, 0.4) is 0 Å². The van der Waals surface area contributed by atoms with Crippen LogP contribution in [0.5, 0.6) is 17.2 Å². The van der Waals surface area contributed by atoms with Crippen LogP contribution in [-0.2, 0) is 24.6 Å². The number of nitrogens with one attached hydrogen (secondary N) is 1. The van der Waals surface area contributed by atoms with E-state index in [2.05, 4.69) is 5.43 Å². The van der Waals surface area contributed by atoms with Crippen LogP contribution in [-0.4, -0.2) is 71.9 Å². The number of phenols is 1. The van der Waals surface area contributed by atoms with E-state index >= 15 is 9.59 Å². The van der Waals surface area contributed by atoms with Gasteiger partial charge in [-0.25, -0.2) is 4.90 Å². The fourth-order valence-electron chi connectivity index (χ4n) is 9.87. The normalized spacial score (nSPS) is 24.2. The van der Waals surface area contributed by atoms with Gasteiger partial charge in [-0.1, -0.05) is 53.1 Å². The van der Waals surface area contributed by atoms with Gasteiger partial charge in [-0.15, -0.1) is 0 Å². The van der Waals surface area contributed by atoms with Gasteiger partial charge in [0.1, 0.15) is 17.2 Å². The van der Waals surface area contributed by atoms with Gasteiger partial charge >= 0.3 is 11.4 Å². The van der Waals surface area contributed by atoms with Crippen LogP contribution in [0.4, 0.5) is 28.4 Å². The summed E-state index contributed by atoms with van der Waals surface area (Å²) in [6.07, 6.45) is 1.52. The molecule has 314 valence electrons. The van der Waals surface area contributed by atoms with E-state index in [0.717, 1.165) is 22.0 Å². The van der Waals surface area contributed by atoms with Gasteiger partial charge in [0.15, 0.2) is 5.69 Å². The van der Waals surface area contributed by atoms with E-state index in [4.69, 9.17) is 32.7 Å². The second kappa shape index (κ2) is 15.1. The second-order valence-corrected chi connectivity index (χ2v) is 16.2. The van der Waals surface area contributed by atoms with Crippen molar-refractivity contribution in [3.05, 3.63) is 126 Å².